The van der Waals surface area contributed by atoms with Gasteiger partial charge in [0.05, 0.1) is 22.6 Å². The first-order valence-corrected chi connectivity index (χ1v) is 11.3. The van der Waals surface area contributed by atoms with Gasteiger partial charge in [-0.3, -0.25) is 9.59 Å². The SMILES string of the molecule is CSc1ncc(Cl)c(C(=O)N2CCNC(=O)C2c2c(C)nn(-c3ccccc3)c2C)n1. The summed E-state index contributed by atoms with van der Waals surface area (Å²) >= 11 is 7.56. The molecule has 0 radical (unpaired) electrons. The largest absolute Gasteiger partial charge is 0.352 e. The molecule has 0 bridgehead atoms. The van der Waals surface area contributed by atoms with Crippen LogP contribution in [0.1, 0.15) is 33.5 Å². The van der Waals surface area contributed by atoms with Crippen LogP contribution in [-0.2, 0) is 4.79 Å². The molecule has 10 heteroatoms. The summed E-state index contributed by atoms with van der Waals surface area (Å²) in [5.74, 6) is -0.664. The molecule has 1 aliphatic heterocycles. The van der Waals surface area contributed by atoms with Crippen molar-refractivity contribution in [3.8, 4) is 5.69 Å². The third-order valence-corrected chi connectivity index (χ3v) is 6.04. The maximum Gasteiger partial charge on any atom is 0.275 e. The highest BCUT2D eigenvalue weighted by molar-refractivity contribution is 7.98. The molecule has 160 valence electrons. The van der Waals surface area contributed by atoms with Gasteiger partial charge in [-0.2, -0.15) is 5.10 Å². The molecule has 2 aromatic heterocycles. The number of benzene rings is 1. The second kappa shape index (κ2) is 8.68. The number of thioether (sulfide) groups is 1. The van der Waals surface area contributed by atoms with Crippen LogP contribution >= 0.6 is 23.4 Å². The molecule has 1 saturated heterocycles. The fourth-order valence-corrected chi connectivity index (χ4v) is 4.29. The van der Waals surface area contributed by atoms with Gasteiger partial charge in [0.2, 0.25) is 5.91 Å². The van der Waals surface area contributed by atoms with E-state index in [2.05, 4.69) is 20.4 Å². The number of aryl methyl sites for hydroxylation is 1. The van der Waals surface area contributed by atoms with Crippen molar-refractivity contribution in [3.05, 3.63) is 64.2 Å². The maximum atomic E-state index is 13.5. The molecular weight excluding hydrogens is 436 g/mol. The first kappa shape index (κ1) is 21.3. The molecule has 2 amide bonds. The molecule has 3 aromatic rings. The second-order valence-corrected chi connectivity index (χ2v) is 8.26. The van der Waals surface area contributed by atoms with E-state index in [9.17, 15) is 9.59 Å². The molecule has 1 unspecified atom stereocenters. The Hall–Kier alpha value is -2.91. The van der Waals surface area contributed by atoms with Crippen LogP contribution in [0.5, 0.6) is 0 Å². The molecule has 1 aromatic carbocycles. The summed E-state index contributed by atoms with van der Waals surface area (Å²) in [7, 11) is 0. The number of nitrogens with one attached hydrogen (secondary N) is 1. The van der Waals surface area contributed by atoms with E-state index in [1.807, 2.05) is 50.4 Å². The van der Waals surface area contributed by atoms with Crippen LogP contribution in [0.2, 0.25) is 5.02 Å². The fourth-order valence-electron chi connectivity index (χ4n) is 3.78. The number of amides is 2. The lowest BCUT2D eigenvalue weighted by atomic mass is 9.99. The molecule has 4 rings (SSSR count). The van der Waals surface area contributed by atoms with Gasteiger partial charge in [-0.15, -0.1) is 0 Å². The zero-order valence-electron chi connectivity index (χ0n) is 17.3. The number of nitrogens with zero attached hydrogens (tertiary/aromatic N) is 5. The second-order valence-electron chi connectivity index (χ2n) is 7.08. The van der Waals surface area contributed by atoms with E-state index in [0.29, 0.717) is 29.5 Å². The predicted molar refractivity (Wildman–Crippen MR) is 119 cm³/mol. The molecule has 0 spiro atoms. The lowest BCUT2D eigenvalue weighted by Crippen LogP contribution is -2.52. The number of carbonyl (C=O) groups excluding carboxylic acids is 2. The highest BCUT2D eigenvalue weighted by Crippen LogP contribution is 2.32. The number of para-hydroxylation sites is 1. The van der Waals surface area contributed by atoms with E-state index in [1.165, 1.54) is 22.9 Å². The van der Waals surface area contributed by atoms with Crippen molar-refractivity contribution in [2.24, 2.45) is 0 Å². The van der Waals surface area contributed by atoms with Gasteiger partial charge in [-0.1, -0.05) is 41.6 Å². The van der Waals surface area contributed by atoms with Crippen molar-refractivity contribution in [2.45, 2.75) is 25.0 Å². The lowest BCUT2D eigenvalue weighted by Gasteiger charge is -2.35. The topological polar surface area (TPSA) is 93.0 Å². The molecule has 31 heavy (non-hydrogen) atoms. The van der Waals surface area contributed by atoms with E-state index >= 15 is 0 Å². The lowest BCUT2D eigenvalue weighted by molar-refractivity contribution is -0.128. The van der Waals surface area contributed by atoms with Gasteiger partial charge in [0.25, 0.3) is 5.91 Å². The van der Waals surface area contributed by atoms with Gasteiger partial charge >= 0.3 is 0 Å². The Morgan fingerprint density at radius 2 is 2.00 bits per heavy atom. The number of hydrogen-bond acceptors (Lipinski definition) is 6. The van der Waals surface area contributed by atoms with Crippen LogP contribution in [0, 0.1) is 13.8 Å². The van der Waals surface area contributed by atoms with E-state index < -0.39 is 11.9 Å². The number of piperazine rings is 1. The zero-order valence-corrected chi connectivity index (χ0v) is 18.9. The molecule has 1 aliphatic rings. The van der Waals surface area contributed by atoms with Crippen molar-refractivity contribution in [1.29, 1.82) is 0 Å². The van der Waals surface area contributed by atoms with Crippen molar-refractivity contribution >= 4 is 35.2 Å². The Kier molecular flexibility index (Phi) is 5.97. The average molecular weight is 457 g/mol. The summed E-state index contributed by atoms with van der Waals surface area (Å²) in [6.45, 7) is 4.43. The van der Waals surface area contributed by atoms with Crippen LogP contribution in [-0.4, -0.2) is 55.8 Å². The fraction of sp³-hybridized carbons (Fsp3) is 0.286. The monoisotopic (exact) mass is 456 g/mol. The first-order chi connectivity index (χ1) is 14.9. The van der Waals surface area contributed by atoms with Gasteiger partial charge in [-0.25, -0.2) is 14.6 Å². The first-order valence-electron chi connectivity index (χ1n) is 9.69. The molecule has 0 saturated carbocycles. The normalized spacial score (nSPS) is 16.3. The van der Waals surface area contributed by atoms with Gasteiger partial charge in [0.15, 0.2) is 10.9 Å². The third kappa shape index (κ3) is 3.90. The van der Waals surface area contributed by atoms with Gasteiger partial charge < -0.3 is 10.2 Å². The number of halogens is 1. The highest BCUT2D eigenvalue weighted by atomic mass is 35.5. The Morgan fingerprint density at radius 1 is 1.26 bits per heavy atom. The quantitative estimate of drug-likeness (QED) is 0.479. The van der Waals surface area contributed by atoms with E-state index in [0.717, 1.165) is 11.4 Å². The van der Waals surface area contributed by atoms with Crippen LogP contribution in [0.3, 0.4) is 0 Å². The number of rotatable bonds is 4. The summed E-state index contributed by atoms with van der Waals surface area (Å²) in [6.07, 6.45) is 3.23. The molecule has 1 N–H and O–H groups in total. The summed E-state index contributed by atoms with van der Waals surface area (Å²) < 4.78 is 1.79. The Labute approximate surface area is 189 Å². The van der Waals surface area contributed by atoms with Gasteiger partial charge in [0, 0.05) is 24.3 Å². The van der Waals surface area contributed by atoms with Crippen molar-refractivity contribution in [3.63, 3.8) is 0 Å². The van der Waals surface area contributed by atoms with Crippen LogP contribution in [0.4, 0.5) is 0 Å². The van der Waals surface area contributed by atoms with E-state index in [4.69, 9.17) is 11.6 Å². The Balaban J connectivity index is 1.79. The average Bonchev–Trinajstić information content (AvgIpc) is 3.08. The maximum absolute atomic E-state index is 13.5. The summed E-state index contributed by atoms with van der Waals surface area (Å²) in [6, 6.07) is 8.83. The minimum absolute atomic E-state index is 0.0893. The molecule has 0 aliphatic carbocycles. The van der Waals surface area contributed by atoms with Crippen molar-refractivity contribution in [2.75, 3.05) is 19.3 Å². The Morgan fingerprint density at radius 3 is 2.71 bits per heavy atom. The number of carbonyl (C=O) groups is 2. The van der Waals surface area contributed by atoms with E-state index in [1.54, 1.807) is 4.68 Å². The third-order valence-electron chi connectivity index (χ3n) is 5.20. The molecule has 8 nitrogen and oxygen atoms in total. The standard InChI is InChI=1S/C21H21ClN6O2S/c1-12-16(13(2)28(26-12)14-7-5-4-6-8-14)18-19(29)23-9-10-27(18)20(30)17-15(22)11-24-21(25-17)31-3/h4-8,11,18H,9-10H2,1-3H3,(H,23,29). The minimum Gasteiger partial charge on any atom is -0.352 e. The molecular formula is C21H21ClN6O2S. The van der Waals surface area contributed by atoms with Crippen molar-refractivity contribution in [1.82, 2.24) is 30.0 Å². The van der Waals surface area contributed by atoms with Crippen LogP contribution < -0.4 is 5.32 Å². The number of aromatic nitrogens is 4. The summed E-state index contributed by atoms with van der Waals surface area (Å²) in [4.78, 5) is 36.3. The summed E-state index contributed by atoms with van der Waals surface area (Å²) in [5, 5.41) is 8.11. The van der Waals surface area contributed by atoms with Gasteiger partial charge in [0.1, 0.15) is 6.04 Å². The Bertz CT molecular complexity index is 1150. The minimum atomic E-state index is -0.831. The van der Waals surface area contributed by atoms with Crippen LogP contribution in [0.15, 0.2) is 41.7 Å². The predicted octanol–water partition coefficient (Wildman–Crippen LogP) is 2.97. The molecule has 1 fully saturated rings. The smallest absolute Gasteiger partial charge is 0.275 e. The highest BCUT2D eigenvalue weighted by Gasteiger charge is 2.39. The van der Waals surface area contributed by atoms with Crippen LogP contribution in [0.25, 0.3) is 5.69 Å². The molecule has 1 atom stereocenters. The molecule has 3 heterocycles. The number of hydrogen-bond donors (Lipinski definition) is 1. The van der Waals surface area contributed by atoms with Gasteiger partial charge in [-0.05, 0) is 32.2 Å². The van der Waals surface area contributed by atoms with E-state index in [-0.39, 0.29) is 16.6 Å². The van der Waals surface area contributed by atoms with Crippen molar-refractivity contribution < 1.29 is 9.59 Å². The summed E-state index contributed by atoms with van der Waals surface area (Å²) in [5.41, 5.74) is 3.14. The zero-order chi connectivity index (χ0) is 22.1.